The first-order valence-corrected chi connectivity index (χ1v) is 5.55. The van der Waals surface area contributed by atoms with Crippen molar-refractivity contribution >= 4 is 10.9 Å². The van der Waals surface area contributed by atoms with Crippen LogP contribution in [0.3, 0.4) is 0 Å². The lowest BCUT2D eigenvalue weighted by Gasteiger charge is -2.11. The first-order chi connectivity index (χ1) is 8.65. The molecule has 5 heteroatoms. The molecule has 0 saturated carbocycles. The van der Waals surface area contributed by atoms with E-state index in [1.807, 2.05) is 0 Å². The zero-order chi connectivity index (χ0) is 13.1. The summed E-state index contributed by atoms with van der Waals surface area (Å²) in [5.41, 5.74) is 0.956. The standard InChI is InChI=1S/C13H14FNO3/c1-18-9-2-3-13-11(5-9)10(4-8(17)7-16)12(14)6-15-13/h2-3,5-6,8,16-17H,4,7H2,1H3. The van der Waals surface area contributed by atoms with Gasteiger partial charge in [0, 0.05) is 17.4 Å². The van der Waals surface area contributed by atoms with Crippen LogP contribution in [0.25, 0.3) is 10.9 Å². The molecule has 18 heavy (non-hydrogen) atoms. The average Bonchev–Trinajstić information content (AvgIpc) is 2.41. The first-order valence-electron chi connectivity index (χ1n) is 5.55. The maximum atomic E-state index is 13.8. The van der Waals surface area contributed by atoms with Gasteiger partial charge >= 0.3 is 0 Å². The van der Waals surface area contributed by atoms with Crippen molar-refractivity contribution in [1.29, 1.82) is 0 Å². The second-order valence-corrected chi connectivity index (χ2v) is 4.01. The van der Waals surface area contributed by atoms with Crippen LogP contribution in [0, 0.1) is 5.82 Å². The summed E-state index contributed by atoms with van der Waals surface area (Å²) in [6.45, 7) is -0.409. The Balaban J connectivity index is 2.56. The number of halogens is 1. The summed E-state index contributed by atoms with van der Waals surface area (Å²) in [5.74, 6) is 0.0953. The van der Waals surface area contributed by atoms with Gasteiger partial charge in [-0.1, -0.05) is 0 Å². The number of aliphatic hydroxyl groups is 2. The van der Waals surface area contributed by atoms with Crippen LogP contribution in [0.5, 0.6) is 5.75 Å². The molecule has 1 aromatic heterocycles. The minimum atomic E-state index is -0.990. The normalized spacial score (nSPS) is 12.7. The quantitative estimate of drug-likeness (QED) is 0.859. The molecule has 0 radical (unpaired) electrons. The maximum absolute atomic E-state index is 13.8. The highest BCUT2D eigenvalue weighted by atomic mass is 19.1. The van der Waals surface area contributed by atoms with Crippen molar-refractivity contribution in [2.75, 3.05) is 13.7 Å². The smallest absolute Gasteiger partial charge is 0.145 e. The highest BCUT2D eigenvalue weighted by Crippen LogP contribution is 2.25. The van der Waals surface area contributed by atoms with E-state index in [-0.39, 0.29) is 6.42 Å². The zero-order valence-electron chi connectivity index (χ0n) is 9.93. The SMILES string of the molecule is COc1ccc2ncc(F)c(CC(O)CO)c2c1. The molecular weight excluding hydrogens is 237 g/mol. The highest BCUT2D eigenvalue weighted by molar-refractivity contribution is 5.83. The van der Waals surface area contributed by atoms with Gasteiger partial charge in [-0.3, -0.25) is 4.98 Å². The summed E-state index contributed by atoms with van der Waals surface area (Å²) in [6, 6.07) is 5.13. The van der Waals surface area contributed by atoms with E-state index in [1.54, 1.807) is 18.2 Å². The molecule has 0 aliphatic carbocycles. The number of aliphatic hydroxyl groups excluding tert-OH is 2. The van der Waals surface area contributed by atoms with Gasteiger partial charge in [-0.25, -0.2) is 4.39 Å². The largest absolute Gasteiger partial charge is 0.497 e. The van der Waals surface area contributed by atoms with E-state index in [0.717, 1.165) is 6.20 Å². The molecule has 2 rings (SSSR count). The van der Waals surface area contributed by atoms with E-state index in [1.165, 1.54) is 7.11 Å². The van der Waals surface area contributed by atoms with Crippen molar-refractivity contribution in [3.05, 3.63) is 35.8 Å². The fourth-order valence-corrected chi connectivity index (χ4v) is 1.84. The van der Waals surface area contributed by atoms with E-state index < -0.39 is 18.5 Å². The molecular formula is C13H14FNO3. The molecule has 1 aromatic carbocycles. The number of fused-ring (bicyclic) bond motifs is 1. The molecule has 0 aliphatic heterocycles. The van der Waals surface area contributed by atoms with Crippen molar-refractivity contribution in [3.8, 4) is 5.75 Å². The number of pyridine rings is 1. The van der Waals surface area contributed by atoms with E-state index in [4.69, 9.17) is 9.84 Å². The van der Waals surface area contributed by atoms with Crippen LogP contribution in [0.15, 0.2) is 24.4 Å². The number of nitrogens with zero attached hydrogens (tertiary/aromatic N) is 1. The lowest BCUT2D eigenvalue weighted by atomic mass is 10.0. The molecule has 0 bridgehead atoms. The number of benzene rings is 1. The first kappa shape index (κ1) is 12.7. The second kappa shape index (κ2) is 5.29. The summed E-state index contributed by atoms with van der Waals surface area (Å²) < 4.78 is 18.8. The van der Waals surface area contributed by atoms with Gasteiger partial charge < -0.3 is 14.9 Å². The summed E-state index contributed by atoms with van der Waals surface area (Å²) in [7, 11) is 1.52. The molecule has 0 aliphatic rings. The molecule has 1 unspecified atom stereocenters. The summed E-state index contributed by atoms with van der Waals surface area (Å²) >= 11 is 0. The lowest BCUT2D eigenvalue weighted by molar-refractivity contribution is 0.0950. The molecule has 2 N–H and O–H groups in total. The number of hydrogen-bond acceptors (Lipinski definition) is 4. The van der Waals surface area contributed by atoms with Crippen LogP contribution in [0.2, 0.25) is 0 Å². The molecule has 0 amide bonds. The topological polar surface area (TPSA) is 62.6 Å². The monoisotopic (exact) mass is 251 g/mol. The van der Waals surface area contributed by atoms with Crippen LogP contribution >= 0.6 is 0 Å². The van der Waals surface area contributed by atoms with Crippen LogP contribution < -0.4 is 4.74 Å². The Morgan fingerprint density at radius 3 is 2.89 bits per heavy atom. The van der Waals surface area contributed by atoms with Crippen LogP contribution in [0.1, 0.15) is 5.56 Å². The van der Waals surface area contributed by atoms with Crippen LogP contribution in [-0.2, 0) is 6.42 Å². The molecule has 4 nitrogen and oxygen atoms in total. The zero-order valence-corrected chi connectivity index (χ0v) is 9.93. The third kappa shape index (κ3) is 2.42. The van der Waals surface area contributed by atoms with Crippen molar-refractivity contribution in [2.24, 2.45) is 0 Å². The number of rotatable bonds is 4. The highest BCUT2D eigenvalue weighted by Gasteiger charge is 2.13. The Kier molecular flexibility index (Phi) is 3.74. The van der Waals surface area contributed by atoms with Gasteiger partial charge in [0.25, 0.3) is 0 Å². The predicted molar refractivity (Wildman–Crippen MR) is 65.0 cm³/mol. The van der Waals surface area contributed by atoms with E-state index in [2.05, 4.69) is 4.98 Å². The molecule has 2 aromatic rings. The average molecular weight is 251 g/mol. The fraction of sp³-hybridized carbons (Fsp3) is 0.308. The lowest BCUT2D eigenvalue weighted by Crippen LogP contribution is -2.16. The fourth-order valence-electron chi connectivity index (χ4n) is 1.84. The van der Waals surface area contributed by atoms with Gasteiger partial charge in [-0.2, -0.15) is 0 Å². The third-order valence-electron chi connectivity index (χ3n) is 2.78. The Labute approximate surface area is 104 Å². The van der Waals surface area contributed by atoms with E-state index in [9.17, 15) is 9.50 Å². The number of aromatic nitrogens is 1. The summed E-state index contributed by atoms with van der Waals surface area (Å²) in [4.78, 5) is 3.98. The van der Waals surface area contributed by atoms with Gasteiger partial charge in [-0.05, 0) is 18.2 Å². The van der Waals surface area contributed by atoms with Gasteiger partial charge in [0.2, 0.25) is 0 Å². The predicted octanol–water partition coefficient (Wildman–Crippen LogP) is 1.28. The summed E-state index contributed by atoms with van der Waals surface area (Å²) in [6.07, 6.45) is 0.166. The molecule has 1 heterocycles. The minimum absolute atomic E-state index is 0.0362. The van der Waals surface area contributed by atoms with E-state index in [0.29, 0.717) is 22.2 Å². The van der Waals surface area contributed by atoms with Crippen molar-refractivity contribution < 1.29 is 19.3 Å². The molecule has 0 fully saturated rings. The van der Waals surface area contributed by atoms with Gasteiger partial charge in [0.15, 0.2) is 0 Å². The van der Waals surface area contributed by atoms with Crippen molar-refractivity contribution in [3.63, 3.8) is 0 Å². The molecule has 0 spiro atoms. The maximum Gasteiger partial charge on any atom is 0.145 e. The number of hydrogen-bond donors (Lipinski definition) is 2. The second-order valence-electron chi connectivity index (χ2n) is 4.01. The molecule has 0 saturated heterocycles. The van der Waals surface area contributed by atoms with Gasteiger partial charge in [0.1, 0.15) is 11.6 Å². The Hall–Kier alpha value is -1.72. The minimum Gasteiger partial charge on any atom is -0.497 e. The number of ether oxygens (including phenoxy) is 1. The molecule has 1 atom stereocenters. The Morgan fingerprint density at radius 1 is 1.44 bits per heavy atom. The Morgan fingerprint density at radius 2 is 2.22 bits per heavy atom. The van der Waals surface area contributed by atoms with Crippen LogP contribution in [-0.4, -0.2) is 35.0 Å². The molecule has 96 valence electrons. The third-order valence-corrected chi connectivity index (χ3v) is 2.78. The summed E-state index contributed by atoms with van der Waals surface area (Å²) in [5, 5.41) is 18.9. The van der Waals surface area contributed by atoms with Crippen LogP contribution in [0.4, 0.5) is 4.39 Å². The van der Waals surface area contributed by atoms with E-state index >= 15 is 0 Å². The van der Waals surface area contributed by atoms with Gasteiger partial charge in [0.05, 0.1) is 31.5 Å². The Bertz CT molecular complexity index is 559. The van der Waals surface area contributed by atoms with Crippen molar-refractivity contribution in [1.82, 2.24) is 4.98 Å². The number of methoxy groups -OCH3 is 1. The van der Waals surface area contributed by atoms with Gasteiger partial charge in [-0.15, -0.1) is 0 Å². The van der Waals surface area contributed by atoms with Crippen molar-refractivity contribution in [2.45, 2.75) is 12.5 Å².